The van der Waals surface area contributed by atoms with Gasteiger partial charge in [-0.15, -0.1) is 0 Å². The molecule has 2 atom stereocenters. The molecule has 2 rings (SSSR count). The summed E-state index contributed by atoms with van der Waals surface area (Å²) in [7, 11) is 0. The van der Waals surface area contributed by atoms with Crippen molar-refractivity contribution in [3.05, 3.63) is 33.8 Å². The average Bonchev–Trinajstić information content (AvgIpc) is 2.76. The van der Waals surface area contributed by atoms with Crippen LogP contribution in [-0.4, -0.2) is 12.7 Å². The van der Waals surface area contributed by atoms with E-state index >= 15 is 0 Å². The Labute approximate surface area is 108 Å². The van der Waals surface area contributed by atoms with E-state index in [1.54, 1.807) is 0 Å². The van der Waals surface area contributed by atoms with Gasteiger partial charge in [-0.05, 0) is 55.9 Å². The van der Waals surface area contributed by atoms with Gasteiger partial charge in [-0.1, -0.05) is 17.7 Å². The standard InChI is InChI=1S/C14H20ClNO/c1-9-6-12(13(15)7-10(9)2)14(16)8-11-4-3-5-17-11/h6-7,11,14H,3-5,8,16H2,1-2H3. The predicted octanol–water partition coefficient (Wildman–Crippen LogP) is 3.53. The van der Waals surface area contributed by atoms with E-state index in [1.807, 2.05) is 6.07 Å². The van der Waals surface area contributed by atoms with Crippen LogP contribution in [0.3, 0.4) is 0 Å². The highest BCUT2D eigenvalue weighted by Crippen LogP contribution is 2.30. The first-order valence-electron chi connectivity index (χ1n) is 6.21. The Morgan fingerprint density at radius 1 is 1.41 bits per heavy atom. The van der Waals surface area contributed by atoms with Gasteiger partial charge in [0.15, 0.2) is 0 Å². The Bertz CT molecular complexity index is 399. The molecule has 0 spiro atoms. The van der Waals surface area contributed by atoms with Crippen molar-refractivity contribution in [2.75, 3.05) is 6.61 Å². The highest BCUT2D eigenvalue weighted by molar-refractivity contribution is 6.31. The Balaban J connectivity index is 2.12. The van der Waals surface area contributed by atoms with E-state index in [2.05, 4.69) is 19.9 Å². The topological polar surface area (TPSA) is 35.2 Å². The molecule has 0 radical (unpaired) electrons. The fraction of sp³-hybridized carbons (Fsp3) is 0.571. The summed E-state index contributed by atoms with van der Waals surface area (Å²) in [5.74, 6) is 0. The third-order valence-electron chi connectivity index (χ3n) is 3.55. The van der Waals surface area contributed by atoms with E-state index in [0.29, 0.717) is 6.10 Å². The predicted molar refractivity (Wildman–Crippen MR) is 71.4 cm³/mol. The van der Waals surface area contributed by atoms with Crippen LogP contribution in [-0.2, 0) is 4.74 Å². The zero-order chi connectivity index (χ0) is 12.4. The van der Waals surface area contributed by atoms with Crippen LogP contribution in [0.25, 0.3) is 0 Å². The number of hydrogen-bond donors (Lipinski definition) is 1. The van der Waals surface area contributed by atoms with Gasteiger partial charge in [-0.2, -0.15) is 0 Å². The number of hydrogen-bond acceptors (Lipinski definition) is 2. The molecule has 1 fully saturated rings. The number of nitrogens with two attached hydrogens (primary N) is 1. The number of benzene rings is 1. The van der Waals surface area contributed by atoms with E-state index in [0.717, 1.165) is 36.5 Å². The van der Waals surface area contributed by atoms with Crippen LogP contribution >= 0.6 is 11.6 Å². The van der Waals surface area contributed by atoms with Crippen molar-refractivity contribution >= 4 is 11.6 Å². The van der Waals surface area contributed by atoms with E-state index in [-0.39, 0.29) is 6.04 Å². The normalized spacial score (nSPS) is 21.8. The maximum Gasteiger partial charge on any atom is 0.0594 e. The fourth-order valence-corrected chi connectivity index (χ4v) is 2.69. The van der Waals surface area contributed by atoms with E-state index in [4.69, 9.17) is 22.1 Å². The van der Waals surface area contributed by atoms with Gasteiger partial charge in [0.2, 0.25) is 0 Å². The van der Waals surface area contributed by atoms with Crippen molar-refractivity contribution in [2.45, 2.75) is 45.3 Å². The lowest BCUT2D eigenvalue weighted by molar-refractivity contribution is 0.0983. The summed E-state index contributed by atoms with van der Waals surface area (Å²) >= 11 is 6.26. The Hall–Kier alpha value is -0.570. The largest absolute Gasteiger partial charge is 0.378 e. The molecule has 0 bridgehead atoms. The van der Waals surface area contributed by atoms with Gasteiger partial charge in [0.05, 0.1) is 6.10 Å². The number of halogens is 1. The Morgan fingerprint density at radius 3 is 2.76 bits per heavy atom. The van der Waals surface area contributed by atoms with Gasteiger partial charge in [-0.3, -0.25) is 0 Å². The number of aryl methyl sites for hydroxylation is 2. The van der Waals surface area contributed by atoms with Crippen molar-refractivity contribution in [3.63, 3.8) is 0 Å². The van der Waals surface area contributed by atoms with Crippen molar-refractivity contribution in [1.82, 2.24) is 0 Å². The Kier molecular flexibility index (Phi) is 4.08. The third-order valence-corrected chi connectivity index (χ3v) is 3.88. The zero-order valence-corrected chi connectivity index (χ0v) is 11.3. The van der Waals surface area contributed by atoms with Gasteiger partial charge in [0.1, 0.15) is 0 Å². The van der Waals surface area contributed by atoms with Crippen LogP contribution in [0.2, 0.25) is 5.02 Å². The highest BCUT2D eigenvalue weighted by atomic mass is 35.5. The summed E-state index contributed by atoms with van der Waals surface area (Å²) in [6.45, 7) is 5.03. The molecule has 0 aliphatic carbocycles. The molecule has 2 unspecified atom stereocenters. The lowest BCUT2D eigenvalue weighted by atomic mass is 9.97. The van der Waals surface area contributed by atoms with Gasteiger partial charge < -0.3 is 10.5 Å². The lowest BCUT2D eigenvalue weighted by Crippen LogP contribution is -2.18. The minimum Gasteiger partial charge on any atom is -0.378 e. The summed E-state index contributed by atoms with van der Waals surface area (Å²) in [5, 5.41) is 0.776. The van der Waals surface area contributed by atoms with Crippen LogP contribution < -0.4 is 5.73 Å². The summed E-state index contributed by atoms with van der Waals surface area (Å²) in [5.41, 5.74) is 9.73. The van der Waals surface area contributed by atoms with Crippen molar-refractivity contribution in [1.29, 1.82) is 0 Å². The first kappa shape index (κ1) is 12.9. The molecule has 3 heteroatoms. The molecule has 1 aromatic carbocycles. The molecule has 2 N–H and O–H groups in total. The van der Waals surface area contributed by atoms with Crippen molar-refractivity contribution < 1.29 is 4.74 Å². The maximum atomic E-state index is 6.26. The molecule has 1 heterocycles. The smallest absolute Gasteiger partial charge is 0.0594 e. The second-order valence-electron chi connectivity index (χ2n) is 4.94. The monoisotopic (exact) mass is 253 g/mol. The van der Waals surface area contributed by atoms with Crippen LogP contribution in [0, 0.1) is 13.8 Å². The SMILES string of the molecule is Cc1cc(Cl)c(C(N)CC2CCCO2)cc1C. The van der Waals surface area contributed by atoms with E-state index < -0.39 is 0 Å². The minimum absolute atomic E-state index is 0.0232. The fourth-order valence-electron chi connectivity index (χ4n) is 2.33. The Morgan fingerprint density at radius 2 is 2.12 bits per heavy atom. The summed E-state index contributed by atoms with van der Waals surface area (Å²) in [4.78, 5) is 0. The summed E-state index contributed by atoms with van der Waals surface area (Å²) in [6, 6.07) is 4.09. The molecule has 0 amide bonds. The van der Waals surface area contributed by atoms with Gasteiger partial charge in [0, 0.05) is 17.7 Å². The van der Waals surface area contributed by atoms with Crippen LogP contribution in [0.5, 0.6) is 0 Å². The van der Waals surface area contributed by atoms with Crippen LogP contribution in [0.4, 0.5) is 0 Å². The quantitative estimate of drug-likeness (QED) is 0.895. The van der Waals surface area contributed by atoms with Crippen LogP contribution in [0.15, 0.2) is 12.1 Å². The van der Waals surface area contributed by atoms with Crippen molar-refractivity contribution in [2.24, 2.45) is 5.73 Å². The molecule has 17 heavy (non-hydrogen) atoms. The molecule has 94 valence electrons. The molecule has 0 aromatic heterocycles. The third kappa shape index (κ3) is 3.01. The van der Waals surface area contributed by atoms with Gasteiger partial charge >= 0.3 is 0 Å². The van der Waals surface area contributed by atoms with Gasteiger partial charge in [0.25, 0.3) is 0 Å². The molecule has 1 aliphatic rings. The number of rotatable bonds is 3. The molecule has 1 saturated heterocycles. The zero-order valence-electron chi connectivity index (χ0n) is 10.5. The van der Waals surface area contributed by atoms with E-state index in [1.165, 1.54) is 11.1 Å². The minimum atomic E-state index is -0.0232. The highest BCUT2D eigenvalue weighted by Gasteiger charge is 2.21. The molecular weight excluding hydrogens is 234 g/mol. The summed E-state index contributed by atoms with van der Waals surface area (Å²) < 4.78 is 5.62. The number of ether oxygens (including phenoxy) is 1. The average molecular weight is 254 g/mol. The summed E-state index contributed by atoms with van der Waals surface area (Å²) in [6.07, 6.45) is 3.44. The molecule has 1 aliphatic heterocycles. The second-order valence-corrected chi connectivity index (χ2v) is 5.34. The molecular formula is C14H20ClNO. The van der Waals surface area contributed by atoms with Gasteiger partial charge in [-0.25, -0.2) is 0 Å². The first-order valence-corrected chi connectivity index (χ1v) is 6.59. The maximum absolute atomic E-state index is 6.26. The first-order chi connectivity index (χ1) is 8.08. The lowest BCUT2D eigenvalue weighted by Gasteiger charge is -2.19. The van der Waals surface area contributed by atoms with E-state index in [9.17, 15) is 0 Å². The molecule has 1 aromatic rings. The van der Waals surface area contributed by atoms with Crippen molar-refractivity contribution in [3.8, 4) is 0 Å². The van der Waals surface area contributed by atoms with Crippen LogP contribution in [0.1, 0.15) is 42.0 Å². The molecule has 2 nitrogen and oxygen atoms in total. The molecule has 0 saturated carbocycles. The second kappa shape index (κ2) is 5.38.